The number of aliphatic hydroxyl groups excluding tert-OH is 2. The lowest BCUT2D eigenvalue weighted by Gasteiger charge is -2.44. The molecule has 0 atom stereocenters. The zero-order valence-corrected chi connectivity index (χ0v) is 11.5. The minimum Gasteiger partial charge on any atom is -0.394 e. The van der Waals surface area contributed by atoms with Crippen LogP contribution in [0.25, 0.3) is 0 Å². The summed E-state index contributed by atoms with van der Waals surface area (Å²) in [6, 6.07) is 0.523. The molecule has 0 aromatic rings. The van der Waals surface area contributed by atoms with Crippen LogP contribution in [-0.2, 0) is 0 Å². The van der Waals surface area contributed by atoms with E-state index in [2.05, 4.69) is 11.9 Å². The van der Waals surface area contributed by atoms with Crippen molar-refractivity contribution < 1.29 is 10.2 Å². The average Bonchev–Trinajstić information content (AvgIpc) is 2.31. The number of nitrogens with zero attached hydrogens (tertiary/aromatic N) is 1. The first-order valence-electron chi connectivity index (χ1n) is 7.15. The van der Waals surface area contributed by atoms with Crippen molar-refractivity contribution in [3.05, 3.63) is 0 Å². The quantitative estimate of drug-likeness (QED) is 0.778. The number of aliphatic hydroxyl groups is 2. The molecule has 1 fully saturated rings. The Bertz CT molecular complexity index is 188. The summed E-state index contributed by atoms with van der Waals surface area (Å²) in [4.78, 5) is 2.25. The van der Waals surface area contributed by atoms with Crippen molar-refractivity contribution in [1.82, 2.24) is 4.90 Å². The van der Waals surface area contributed by atoms with Crippen molar-refractivity contribution in [3.8, 4) is 0 Å². The van der Waals surface area contributed by atoms with Gasteiger partial charge >= 0.3 is 0 Å². The van der Waals surface area contributed by atoms with Gasteiger partial charge in [0.1, 0.15) is 0 Å². The third kappa shape index (κ3) is 3.67. The molecule has 0 amide bonds. The second-order valence-corrected chi connectivity index (χ2v) is 5.50. The van der Waals surface area contributed by atoms with Crippen LogP contribution in [0.15, 0.2) is 0 Å². The van der Waals surface area contributed by atoms with Crippen molar-refractivity contribution in [2.45, 2.75) is 69.9 Å². The van der Waals surface area contributed by atoms with E-state index in [0.717, 1.165) is 6.42 Å². The maximum absolute atomic E-state index is 9.60. The first-order chi connectivity index (χ1) is 8.20. The molecule has 1 aliphatic rings. The van der Waals surface area contributed by atoms with Gasteiger partial charge in [0.25, 0.3) is 0 Å². The molecular weight excluding hydrogens is 214 g/mol. The second-order valence-electron chi connectivity index (χ2n) is 5.50. The number of hydrogen-bond acceptors (Lipinski definition) is 3. The van der Waals surface area contributed by atoms with Crippen molar-refractivity contribution >= 4 is 0 Å². The highest BCUT2D eigenvalue weighted by Gasteiger charge is 2.35. The van der Waals surface area contributed by atoms with Crippen LogP contribution in [0.2, 0.25) is 0 Å². The van der Waals surface area contributed by atoms with Crippen molar-refractivity contribution in [3.63, 3.8) is 0 Å². The van der Waals surface area contributed by atoms with Gasteiger partial charge in [0, 0.05) is 6.04 Å². The van der Waals surface area contributed by atoms with Crippen LogP contribution in [0.1, 0.15) is 58.3 Å². The summed E-state index contributed by atoms with van der Waals surface area (Å²) in [5.74, 6) is 0. The summed E-state index contributed by atoms with van der Waals surface area (Å²) in [7, 11) is 2.07. The molecule has 3 heteroatoms. The molecule has 0 radical (unpaired) electrons. The van der Waals surface area contributed by atoms with Crippen LogP contribution in [0.4, 0.5) is 0 Å². The Hall–Kier alpha value is -0.120. The van der Waals surface area contributed by atoms with Gasteiger partial charge in [0.2, 0.25) is 0 Å². The van der Waals surface area contributed by atoms with E-state index in [0.29, 0.717) is 6.04 Å². The lowest BCUT2D eigenvalue weighted by atomic mass is 9.89. The molecule has 17 heavy (non-hydrogen) atoms. The topological polar surface area (TPSA) is 43.7 Å². The predicted molar refractivity (Wildman–Crippen MR) is 71.1 cm³/mol. The third-order valence-electron chi connectivity index (χ3n) is 4.62. The van der Waals surface area contributed by atoms with E-state index in [9.17, 15) is 10.2 Å². The molecule has 1 rings (SSSR count). The second kappa shape index (κ2) is 7.34. The Morgan fingerprint density at radius 3 is 1.88 bits per heavy atom. The van der Waals surface area contributed by atoms with Crippen LogP contribution in [0.3, 0.4) is 0 Å². The van der Waals surface area contributed by atoms with Gasteiger partial charge in [-0.05, 0) is 26.3 Å². The molecule has 0 aromatic carbocycles. The third-order valence-corrected chi connectivity index (χ3v) is 4.62. The van der Waals surface area contributed by atoms with Gasteiger partial charge in [-0.15, -0.1) is 0 Å². The largest absolute Gasteiger partial charge is 0.394 e. The van der Waals surface area contributed by atoms with Crippen LogP contribution < -0.4 is 0 Å². The summed E-state index contributed by atoms with van der Waals surface area (Å²) in [5, 5.41) is 19.2. The maximum Gasteiger partial charge on any atom is 0.0670 e. The molecule has 0 saturated heterocycles. The molecule has 0 aromatic heterocycles. The fourth-order valence-electron chi connectivity index (χ4n) is 2.96. The highest BCUT2D eigenvalue weighted by atomic mass is 16.3. The zero-order chi connectivity index (χ0) is 12.7. The first-order valence-corrected chi connectivity index (χ1v) is 7.15. The van der Waals surface area contributed by atoms with E-state index in [-0.39, 0.29) is 13.2 Å². The normalized spacial score (nSPS) is 20.3. The van der Waals surface area contributed by atoms with E-state index in [4.69, 9.17) is 0 Å². The van der Waals surface area contributed by atoms with Gasteiger partial charge < -0.3 is 10.2 Å². The molecule has 102 valence electrons. The average molecular weight is 243 g/mol. The number of hydrogen-bond donors (Lipinski definition) is 2. The molecule has 0 aliphatic heterocycles. The summed E-state index contributed by atoms with van der Waals surface area (Å²) >= 11 is 0. The Morgan fingerprint density at radius 2 is 1.47 bits per heavy atom. The minimum absolute atomic E-state index is 0.0486. The lowest BCUT2D eigenvalue weighted by molar-refractivity contribution is -0.0299. The highest BCUT2D eigenvalue weighted by molar-refractivity contribution is 4.90. The van der Waals surface area contributed by atoms with E-state index in [1.807, 2.05) is 6.92 Å². The number of likely N-dealkylation sites (N-methyl/N-ethyl adjacent to an activating group) is 1. The minimum atomic E-state index is -0.427. The molecular formula is C14H29NO2. The molecule has 0 bridgehead atoms. The summed E-state index contributed by atoms with van der Waals surface area (Å²) < 4.78 is 0. The predicted octanol–water partition coefficient (Wildman–Crippen LogP) is 2.16. The summed E-state index contributed by atoms with van der Waals surface area (Å²) in [6.45, 7) is 2.14. The molecule has 3 nitrogen and oxygen atoms in total. The molecule has 1 aliphatic carbocycles. The Morgan fingerprint density at radius 1 is 1.00 bits per heavy atom. The summed E-state index contributed by atoms with van der Waals surface area (Å²) in [6.07, 6.45) is 9.82. The van der Waals surface area contributed by atoms with Crippen LogP contribution >= 0.6 is 0 Å². The molecule has 0 spiro atoms. The maximum atomic E-state index is 9.60. The van der Waals surface area contributed by atoms with Crippen LogP contribution in [0, 0.1) is 0 Å². The zero-order valence-electron chi connectivity index (χ0n) is 11.5. The number of rotatable bonds is 5. The van der Waals surface area contributed by atoms with Crippen molar-refractivity contribution in [1.29, 1.82) is 0 Å². The van der Waals surface area contributed by atoms with E-state index >= 15 is 0 Å². The Labute approximate surface area is 106 Å². The van der Waals surface area contributed by atoms with Gasteiger partial charge in [-0.2, -0.15) is 0 Å². The van der Waals surface area contributed by atoms with Gasteiger partial charge in [0.05, 0.1) is 18.8 Å². The fraction of sp³-hybridized carbons (Fsp3) is 1.00. The van der Waals surface area contributed by atoms with Gasteiger partial charge in [-0.25, -0.2) is 0 Å². The van der Waals surface area contributed by atoms with Gasteiger partial charge in [-0.1, -0.05) is 39.0 Å². The smallest absolute Gasteiger partial charge is 0.0670 e. The SMILES string of the molecule is CCC(CO)(CO)N(C)C1CCCCCCC1. The first kappa shape index (κ1) is 14.9. The molecule has 1 saturated carbocycles. The molecule has 0 heterocycles. The van der Waals surface area contributed by atoms with E-state index in [1.54, 1.807) is 0 Å². The Balaban J connectivity index is 2.66. The molecule has 0 unspecified atom stereocenters. The summed E-state index contributed by atoms with van der Waals surface area (Å²) in [5.41, 5.74) is -0.427. The van der Waals surface area contributed by atoms with Crippen molar-refractivity contribution in [2.75, 3.05) is 20.3 Å². The van der Waals surface area contributed by atoms with E-state index in [1.165, 1.54) is 44.9 Å². The highest BCUT2D eigenvalue weighted by Crippen LogP contribution is 2.27. The standard InChI is InChI=1S/C14H29NO2/c1-3-14(11-16,12-17)15(2)13-9-7-5-4-6-8-10-13/h13,16-17H,3-12H2,1-2H3. The van der Waals surface area contributed by atoms with Crippen molar-refractivity contribution in [2.24, 2.45) is 0 Å². The lowest BCUT2D eigenvalue weighted by Crippen LogP contribution is -2.56. The van der Waals surface area contributed by atoms with Crippen LogP contribution in [0.5, 0.6) is 0 Å². The van der Waals surface area contributed by atoms with Gasteiger partial charge in [0.15, 0.2) is 0 Å². The Kier molecular flexibility index (Phi) is 6.45. The molecule has 2 N–H and O–H groups in total. The van der Waals surface area contributed by atoms with Crippen LogP contribution in [-0.4, -0.2) is 47.0 Å². The monoisotopic (exact) mass is 243 g/mol. The van der Waals surface area contributed by atoms with E-state index < -0.39 is 5.54 Å². The fourth-order valence-corrected chi connectivity index (χ4v) is 2.96. The van der Waals surface area contributed by atoms with Gasteiger partial charge in [-0.3, -0.25) is 4.90 Å².